The molecule has 6 heteroatoms. The predicted octanol–water partition coefficient (Wildman–Crippen LogP) is 3.57. The topological polar surface area (TPSA) is 73.2 Å². The molecule has 0 aliphatic heterocycles. The minimum absolute atomic E-state index is 0.104. The number of nitrogens with zero attached hydrogens (tertiary/aromatic N) is 2. The molecule has 122 valence electrons. The SMILES string of the molecule is CN(Cc1ccc(Br)cc1)C(=O)c1ccc(NC(=O)CC#N)cc1. The van der Waals surface area contributed by atoms with E-state index in [-0.39, 0.29) is 18.2 Å². The first-order chi connectivity index (χ1) is 11.5. The van der Waals surface area contributed by atoms with Gasteiger partial charge in [-0.05, 0) is 42.0 Å². The van der Waals surface area contributed by atoms with E-state index in [1.54, 1.807) is 42.3 Å². The van der Waals surface area contributed by atoms with Crippen LogP contribution in [0.4, 0.5) is 5.69 Å². The Kier molecular flexibility index (Phi) is 6.10. The molecular weight excluding hydrogens is 370 g/mol. The maximum atomic E-state index is 12.4. The molecule has 2 amide bonds. The maximum Gasteiger partial charge on any atom is 0.253 e. The van der Waals surface area contributed by atoms with E-state index in [4.69, 9.17) is 5.26 Å². The van der Waals surface area contributed by atoms with Gasteiger partial charge in [0.1, 0.15) is 6.42 Å². The molecule has 0 fully saturated rings. The smallest absolute Gasteiger partial charge is 0.253 e. The lowest BCUT2D eigenvalue weighted by atomic mass is 10.1. The molecule has 1 N–H and O–H groups in total. The number of hydrogen-bond donors (Lipinski definition) is 1. The second kappa shape index (κ2) is 8.27. The molecule has 0 aromatic heterocycles. The predicted molar refractivity (Wildman–Crippen MR) is 95.2 cm³/mol. The van der Waals surface area contributed by atoms with Crippen LogP contribution in [0.2, 0.25) is 0 Å². The Bertz CT molecular complexity index is 764. The van der Waals surface area contributed by atoms with E-state index >= 15 is 0 Å². The number of hydrogen-bond acceptors (Lipinski definition) is 3. The first-order valence-corrected chi connectivity index (χ1v) is 8.05. The number of carbonyl (C=O) groups excluding carboxylic acids is 2. The molecule has 24 heavy (non-hydrogen) atoms. The summed E-state index contributed by atoms with van der Waals surface area (Å²) in [6, 6.07) is 16.2. The van der Waals surface area contributed by atoms with Crippen LogP contribution in [0.3, 0.4) is 0 Å². The fraction of sp³-hybridized carbons (Fsp3) is 0.167. The molecule has 0 bridgehead atoms. The van der Waals surface area contributed by atoms with Crippen LogP contribution in [0.5, 0.6) is 0 Å². The van der Waals surface area contributed by atoms with Gasteiger partial charge >= 0.3 is 0 Å². The highest BCUT2D eigenvalue weighted by molar-refractivity contribution is 9.10. The Morgan fingerprint density at radius 2 is 1.75 bits per heavy atom. The third-order valence-corrected chi connectivity index (χ3v) is 3.86. The fourth-order valence-electron chi connectivity index (χ4n) is 2.13. The zero-order valence-electron chi connectivity index (χ0n) is 13.1. The molecule has 0 saturated carbocycles. The highest BCUT2D eigenvalue weighted by Gasteiger charge is 2.12. The number of rotatable bonds is 5. The number of nitrogens with one attached hydrogen (secondary N) is 1. The summed E-state index contributed by atoms with van der Waals surface area (Å²) in [6.07, 6.45) is -0.198. The van der Waals surface area contributed by atoms with Crippen molar-refractivity contribution in [2.45, 2.75) is 13.0 Å². The van der Waals surface area contributed by atoms with Crippen LogP contribution in [-0.2, 0) is 11.3 Å². The number of nitriles is 1. The lowest BCUT2D eigenvalue weighted by Gasteiger charge is -2.17. The lowest BCUT2D eigenvalue weighted by Crippen LogP contribution is -2.26. The van der Waals surface area contributed by atoms with Crippen molar-refractivity contribution in [2.24, 2.45) is 0 Å². The molecule has 5 nitrogen and oxygen atoms in total. The van der Waals surface area contributed by atoms with Crippen molar-refractivity contribution < 1.29 is 9.59 Å². The Labute approximate surface area is 149 Å². The van der Waals surface area contributed by atoms with Crippen LogP contribution in [0, 0.1) is 11.3 Å². The number of halogens is 1. The fourth-order valence-corrected chi connectivity index (χ4v) is 2.39. The lowest BCUT2D eigenvalue weighted by molar-refractivity contribution is -0.115. The Hall–Kier alpha value is -2.65. The molecule has 2 rings (SSSR count). The normalized spacial score (nSPS) is 9.88. The number of anilines is 1. The van der Waals surface area contributed by atoms with E-state index in [2.05, 4.69) is 21.2 Å². The van der Waals surface area contributed by atoms with E-state index in [1.807, 2.05) is 24.3 Å². The van der Waals surface area contributed by atoms with Gasteiger partial charge in [0.25, 0.3) is 5.91 Å². The van der Waals surface area contributed by atoms with Crippen LogP contribution in [0.25, 0.3) is 0 Å². The van der Waals surface area contributed by atoms with E-state index in [0.29, 0.717) is 17.8 Å². The highest BCUT2D eigenvalue weighted by Crippen LogP contribution is 2.15. The summed E-state index contributed by atoms with van der Waals surface area (Å²) in [7, 11) is 1.74. The van der Waals surface area contributed by atoms with Crippen LogP contribution in [-0.4, -0.2) is 23.8 Å². The molecule has 0 unspecified atom stereocenters. The molecule has 0 saturated heterocycles. The quantitative estimate of drug-likeness (QED) is 0.854. The monoisotopic (exact) mass is 385 g/mol. The Morgan fingerprint density at radius 1 is 1.12 bits per heavy atom. The van der Waals surface area contributed by atoms with Crippen molar-refractivity contribution in [3.63, 3.8) is 0 Å². The number of carbonyl (C=O) groups is 2. The van der Waals surface area contributed by atoms with Crippen LogP contribution < -0.4 is 5.32 Å². The number of benzene rings is 2. The van der Waals surface area contributed by atoms with E-state index in [0.717, 1.165) is 10.0 Å². The summed E-state index contributed by atoms with van der Waals surface area (Å²) in [5.41, 5.74) is 2.13. The van der Waals surface area contributed by atoms with Crippen molar-refractivity contribution in [2.75, 3.05) is 12.4 Å². The first-order valence-electron chi connectivity index (χ1n) is 7.26. The standard InChI is InChI=1S/C18H16BrN3O2/c1-22(12-13-2-6-15(19)7-3-13)18(24)14-4-8-16(9-5-14)21-17(23)10-11-20/h2-9H,10,12H2,1H3,(H,21,23). The summed E-state index contributed by atoms with van der Waals surface area (Å²) >= 11 is 3.38. The minimum Gasteiger partial charge on any atom is -0.337 e. The second-order valence-corrected chi connectivity index (χ2v) is 6.16. The summed E-state index contributed by atoms with van der Waals surface area (Å²) in [6.45, 7) is 0.507. The number of amides is 2. The van der Waals surface area contributed by atoms with Gasteiger partial charge in [-0.3, -0.25) is 9.59 Å². The van der Waals surface area contributed by atoms with Gasteiger partial charge in [0.15, 0.2) is 0 Å². The molecule has 0 atom stereocenters. The van der Waals surface area contributed by atoms with Gasteiger partial charge in [0.2, 0.25) is 5.91 Å². The van der Waals surface area contributed by atoms with Crippen molar-refractivity contribution in [3.8, 4) is 6.07 Å². The first kappa shape index (κ1) is 17.7. The zero-order chi connectivity index (χ0) is 17.5. The van der Waals surface area contributed by atoms with Crippen molar-refractivity contribution in [3.05, 3.63) is 64.1 Å². The van der Waals surface area contributed by atoms with E-state index < -0.39 is 0 Å². The van der Waals surface area contributed by atoms with Gasteiger partial charge in [-0.25, -0.2) is 0 Å². The zero-order valence-corrected chi connectivity index (χ0v) is 14.7. The highest BCUT2D eigenvalue weighted by atomic mass is 79.9. The maximum absolute atomic E-state index is 12.4. The van der Waals surface area contributed by atoms with Gasteiger partial charge in [0, 0.05) is 29.3 Å². The summed E-state index contributed by atoms with van der Waals surface area (Å²) in [5.74, 6) is -0.475. The summed E-state index contributed by atoms with van der Waals surface area (Å²) < 4.78 is 0.995. The third kappa shape index (κ3) is 4.93. The van der Waals surface area contributed by atoms with Crippen molar-refractivity contribution in [1.29, 1.82) is 5.26 Å². The molecule has 0 aliphatic carbocycles. The van der Waals surface area contributed by atoms with Crippen molar-refractivity contribution in [1.82, 2.24) is 4.90 Å². The van der Waals surface area contributed by atoms with Crippen LogP contribution in [0.15, 0.2) is 53.0 Å². The van der Waals surface area contributed by atoms with E-state index in [1.165, 1.54) is 0 Å². The van der Waals surface area contributed by atoms with E-state index in [9.17, 15) is 9.59 Å². The average Bonchev–Trinajstić information content (AvgIpc) is 2.57. The van der Waals surface area contributed by atoms with Gasteiger partial charge in [-0.15, -0.1) is 0 Å². The Morgan fingerprint density at radius 3 is 2.33 bits per heavy atom. The average molecular weight is 386 g/mol. The van der Waals surface area contributed by atoms with Crippen molar-refractivity contribution >= 4 is 33.4 Å². The summed E-state index contributed by atoms with van der Waals surface area (Å²) in [4.78, 5) is 25.4. The molecule has 0 radical (unpaired) electrons. The third-order valence-electron chi connectivity index (χ3n) is 3.33. The molecule has 2 aromatic rings. The Balaban J connectivity index is 1.99. The van der Waals surface area contributed by atoms with Crippen LogP contribution in [0.1, 0.15) is 22.3 Å². The second-order valence-electron chi connectivity index (χ2n) is 5.25. The van der Waals surface area contributed by atoms with Gasteiger partial charge in [-0.1, -0.05) is 28.1 Å². The molecule has 0 heterocycles. The van der Waals surface area contributed by atoms with Gasteiger partial charge < -0.3 is 10.2 Å². The van der Waals surface area contributed by atoms with Crippen LogP contribution >= 0.6 is 15.9 Å². The summed E-state index contributed by atoms with van der Waals surface area (Å²) in [5, 5.41) is 11.1. The molecule has 0 aliphatic rings. The largest absolute Gasteiger partial charge is 0.337 e. The van der Waals surface area contributed by atoms with Gasteiger partial charge in [-0.2, -0.15) is 5.26 Å². The minimum atomic E-state index is -0.371. The molecular formula is C18H16BrN3O2. The molecule has 2 aromatic carbocycles. The molecule has 0 spiro atoms. The van der Waals surface area contributed by atoms with Gasteiger partial charge in [0.05, 0.1) is 6.07 Å².